The predicted octanol–water partition coefficient (Wildman–Crippen LogP) is 4.70. The van der Waals surface area contributed by atoms with E-state index in [1.54, 1.807) is 6.07 Å². The largest absolute Gasteiger partial charge is 0.345 e. The molecule has 0 bridgehead atoms. The molecule has 1 aromatic heterocycles. The molecule has 29 heavy (non-hydrogen) atoms. The monoisotopic (exact) mass is 387 g/mol. The van der Waals surface area contributed by atoms with Crippen molar-refractivity contribution < 1.29 is 9.59 Å². The number of aromatic nitrogens is 1. The number of pyridine rings is 1. The topological polar surface area (TPSA) is 71.1 Å². The molecule has 0 aliphatic rings. The Morgan fingerprint density at radius 2 is 1.66 bits per heavy atom. The number of aryl methyl sites for hydroxylation is 2. The third kappa shape index (κ3) is 4.88. The molecule has 0 spiro atoms. The van der Waals surface area contributed by atoms with Gasteiger partial charge < -0.3 is 10.6 Å². The van der Waals surface area contributed by atoms with E-state index in [1.807, 2.05) is 69.3 Å². The van der Waals surface area contributed by atoms with E-state index >= 15 is 0 Å². The molecule has 0 saturated carbocycles. The maximum Gasteiger partial charge on any atom is 0.257 e. The molecule has 0 fully saturated rings. The number of nitrogens with zero attached hydrogens (tertiary/aromatic N) is 1. The lowest BCUT2D eigenvalue weighted by Crippen LogP contribution is -2.27. The van der Waals surface area contributed by atoms with Gasteiger partial charge in [-0.05, 0) is 43.0 Å². The summed E-state index contributed by atoms with van der Waals surface area (Å²) in [5, 5.41) is 5.91. The number of carbonyl (C=O) groups excluding carboxylic acids is 2. The van der Waals surface area contributed by atoms with Crippen LogP contribution in [0.4, 0.5) is 5.69 Å². The van der Waals surface area contributed by atoms with Crippen molar-refractivity contribution in [1.29, 1.82) is 0 Å². The second-order valence-corrected chi connectivity index (χ2v) is 6.98. The maximum atomic E-state index is 12.8. The molecule has 1 atom stereocenters. The number of rotatable bonds is 6. The number of carbonyl (C=O) groups is 2. The van der Waals surface area contributed by atoms with Crippen LogP contribution in [0, 0.1) is 6.92 Å². The number of anilines is 1. The van der Waals surface area contributed by atoms with E-state index in [2.05, 4.69) is 15.6 Å². The number of benzene rings is 2. The molecule has 5 nitrogen and oxygen atoms in total. The fraction of sp³-hybridized carbons (Fsp3) is 0.208. The van der Waals surface area contributed by atoms with Gasteiger partial charge in [-0.25, -0.2) is 0 Å². The Balaban J connectivity index is 1.75. The standard InChI is InChI=1S/C24H25N3O2/c1-4-18-12-8-9-16(2)22(18)27-24(29)21-13-20(14-25-15-21)23(28)26-17(3)19-10-6-5-7-11-19/h5-15,17H,4H2,1-3H3,(H,26,28)(H,27,29). The lowest BCUT2D eigenvalue weighted by Gasteiger charge is -2.15. The molecule has 0 aliphatic heterocycles. The number of para-hydroxylation sites is 1. The van der Waals surface area contributed by atoms with Crippen molar-refractivity contribution in [2.24, 2.45) is 0 Å². The number of amides is 2. The minimum Gasteiger partial charge on any atom is -0.345 e. The summed E-state index contributed by atoms with van der Waals surface area (Å²) in [6.07, 6.45) is 3.75. The normalized spacial score (nSPS) is 11.6. The van der Waals surface area contributed by atoms with Gasteiger partial charge in [0, 0.05) is 18.1 Å². The Kier molecular flexibility index (Phi) is 6.39. The molecule has 0 aliphatic carbocycles. The molecule has 2 aromatic carbocycles. The molecule has 3 aromatic rings. The fourth-order valence-electron chi connectivity index (χ4n) is 3.18. The third-order valence-electron chi connectivity index (χ3n) is 4.89. The first kappa shape index (κ1) is 20.3. The van der Waals surface area contributed by atoms with Crippen LogP contribution >= 0.6 is 0 Å². The van der Waals surface area contributed by atoms with Crippen molar-refractivity contribution >= 4 is 17.5 Å². The van der Waals surface area contributed by atoms with Gasteiger partial charge in [-0.3, -0.25) is 14.6 Å². The van der Waals surface area contributed by atoms with E-state index in [-0.39, 0.29) is 17.9 Å². The smallest absolute Gasteiger partial charge is 0.257 e. The van der Waals surface area contributed by atoms with Crippen LogP contribution in [0.5, 0.6) is 0 Å². The van der Waals surface area contributed by atoms with Crippen molar-refractivity contribution in [3.05, 3.63) is 94.8 Å². The van der Waals surface area contributed by atoms with Gasteiger partial charge in [-0.2, -0.15) is 0 Å². The minimum atomic E-state index is -0.285. The van der Waals surface area contributed by atoms with Crippen molar-refractivity contribution in [3.8, 4) is 0 Å². The SMILES string of the molecule is CCc1cccc(C)c1NC(=O)c1cncc(C(=O)NC(C)c2ccccc2)c1. The van der Waals surface area contributed by atoms with Crippen LogP contribution < -0.4 is 10.6 Å². The number of nitrogens with one attached hydrogen (secondary N) is 2. The zero-order valence-corrected chi connectivity index (χ0v) is 16.9. The molecule has 5 heteroatoms. The minimum absolute atomic E-state index is 0.153. The van der Waals surface area contributed by atoms with E-state index in [0.29, 0.717) is 11.1 Å². The molecule has 2 N–H and O–H groups in total. The highest BCUT2D eigenvalue weighted by molar-refractivity contribution is 6.06. The molecular weight excluding hydrogens is 362 g/mol. The van der Waals surface area contributed by atoms with Gasteiger partial charge in [0.2, 0.25) is 0 Å². The summed E-state index contributed by atoms with van der Waals surface area (Å²) >= 11 is 0. The summed E-state index contributed by atoms with van der Waals surface area (Å²) in [6.45, 7) is 5.92. The zero-order valence-electron chi connectivity index (χ0n) is 16.9. The Morgan fingerprint density at radius 1 is 0.966 bits per heavy atom. The Bertz CT molecular complexity index is 1020. The van der Waals surface area contributed by atoms with Crippen molar-refractivity contribution in [2.75, 3.05) is 5.32 Å². The molecule has 2 amide bonds. The van der Waals surface area contributed by atoms with Crippen LogP contribution in [0.2, 0.25) is 0 Å². The summed E-state index contributed by atoms with van der Waals surface area (Å²) in [6, 6.07) is 17.1. The van der Waals surface area contributed by atoms with E-state index in [1.165, 1.54) is 12.4 Å². The van der Waals surface area contributed by atoms with Crippen LogP contribution in [0.1, 0.15) is 57.3 Å². The van der Waals surface area contributed by atoms with E-state index in [9.17, 15) is 9.59 Å². The first-order valence-corrected chi connectivity index (χ1v) is 9.70. The highest BCUT2D eigenvalue weighted by Gasteiger charge is 2.15. The first-order chi connectivity index (χ1) is 14.0. The quantitative estimate of drug-likeness (QED) is 0.644. The van der Waals surface area contributed by atoms with Crippen LogP contribution in [-0.2, 0) is 6.42 Å². The Morgan fingerprint density at radius 3 is 2.34 bits per heavy atom. The summed E-state index contributed by atoms with van der Waals surface area (Å²) in [4.78, 5) is 29.5. The van der Waals surface area contributed by atoms with Gasteiger partial charge in [0.1, 0.15) is 0 Å². The predicted molar refractivity (Wildman–Crippen MR) is 115 cm³/mol. The van der Waals surface area contributed by atoms with Crippen LogP contribution in [0.25, 0.3) is 0 Å². The second kappa shape index (κ2) is 9.15. The summed E-state index contributed by atoms with van der Waals surface area (Å²) in [5.41, 5.74) is 4.58. The lowest BCUT2D eigenvalue weighted by molar-refractivity contribution is 0.0939. The average Bonchev–Trinajstić information content (AvgIpc) is 2.75. The maximum absolute atomic E-state index is 12.8. The highest BCUT2D eigenvalue weighted by Crippen LogP contribution is 2.22. The van der Waals surface area contributed by atoms with Gasteiger partial charge in [0.15, 0.2) is 0 Å². The van der Waals surface area contributed by atoms with Gasteiger partial charge in [0.05, 0.1) is 17.2 Å². The summed E-state index contributed by atoms with van der Waals surface area (Å²) in [7, 11) is 0. The van der Waals surface area contributed by atoms with Crippen LogP contribution in [0.15, 0.2) is 67.0 Å². The van der Waals surface area contributed by atoms with Crippen molar-refractivity contribution in [1.82, 2.24) is 10.3 Å². The summed E-state index contributed by atoms with van der Waals surface area (Å²) in [5.74, 6) is -0.555. The van der Waals surface area contributed by atoms with E-state index in [4.69, 9.17) is 0 Å². The van der Waals surface area contributed by atoms with Crippen molar-refractivity contribution in [3.63, 3.8) is 0 Å². The second-order valence-electron chi connectivity index (χ2n) is 6.98. The molecule has 3 rings (SSSR count). The Hall–Kier alpha value is -3.47. The van der Waals surface area contributed by atoms with Crippen LogP contribution in [-0.4, -0.2) is 16.8 Å². The van der Waals surface area contributed by atoms with E-state index < -0.39 is 0 Å². The average molecular weight is 387 g/mol. The number of hydrogen-bond donors (Lipinski definition) is 2. The van der Waals surface area contributed by atoms with E-state index in [0.717, 1.165) is 28.8 Å². The summed E-state index contributed by atoms with van der Waals surface area (Å²) < 4.78 is 0. The van der Waals surface area contributed by atoms with Gasteiger partial charge in [-0.1, -0.05) is 55.5 Å². The fourth-order valence-corrected chi connectivity index (χ4v) is 3.18. The molecule has 0 radical (unpaired) electrons. The number of hydrogen-bond acceptors (Lipinski definition) is 3. The molecule has 1 heterocycles. The molecular formula is C24H25N3O2. The van der Waals surface area contributed by atoms with Gasteiger partial charge in [-0.15, -0.1) is 0 Å². The Labute approximate surface area is 171 Å². The van der Waals surface area contributed by atoms with Gasteiger partial charge in [0.25, 0.3) is 11.8 Å². The highest BCUT2D eigenvalue weighted by atomic mass is 16.2. The lowest BCUT2D eigenvalue weighted by atomic mass is 10.1. The molecule has 1 unspecified atom stereocenters. The van der Waals surface area contributed by atoms with Crippen LogP contribution in [0.3, 0.4) is 0 Å². The molecule has 148 valence electrons. The third-order valence-corrected chi connectivity index (χ3v) is 4.89. The first-order valence-electron chi connectivity index (χ1n) is 9.70. The van der Waals surface area contributed by atoms with Crippen molar-refractivity contribution in [2.45, 2.75) is 33.2 Å². The molecule has 0 saturated heterocycles. The zero-order chi connectivity index (χ0) is 20.8. The van der Waals surface area contributed by atoms with Gasteiger partial charge >= 0.3 is 0 Å².